The van der Waals surface area contributed by atoms with Crippen LogP contribution in [-0.4, -0.2) is 0 Å². The summed E-state index contributed by atoms with van der Waals surface area (Å²) in [6, 6.07) is 70.0. The average Bonchev–Trinajstić information content (AvgIpc) is 3.21. The Kier molecular flexibility index (Phi) is 9.66. The van der Waals surface area contributed by atoms with Crippen LogP contribution in [0.3, 0.4) is 0 Å². The van der Waals surface area contributed by atoms with Crippen molar-refractivity contribution in [3.63, 3.8) is 0 Å². The Bertz CT molecular complexity index is 2340. The van der Waals surface area contributed by atoms with Gasteiger partial charge in [0.1, 0.15) is 0 Å². The van der Waals surface area contributed by atoms with E-state index in [-0.39, 0.29) is 0 Å². The first-order chi connectivity index (χ1) is 26.4. The third-order valence-electron chi connectivity index (χ3n) is 10.4. The van der Waals surface area contributed by atoms with Gasteiger partial charge in [0.15, 0.2) is 0 Å². The van der Waals surface area contributed by atoms with E-state index in [1.165, 1.54) is 67.0 Å². The van der Waals surface area contributed by atoms with Crippen LogP contribution in [-0.2, 0) is 0 Å². The lowest BCUT2D eigenvalue weighted by molar-refractivity contribution is 1.23. The minimum Gasteiger partial charge on any atom is -0.310 e. The Labute approximate surface area is 320 Å². The van der Waals surface area contributed by atoms with Crippen molar-refractivity contribution >= 4 is 34.1 Å². The lowest BCUT2D eigenvalue weighted by Crippen LogP contribution is -2.12. The van der Waals surface area contributed by atoms with Gasteiger partial charge < -0.3 is 9.80 Å². The molecule has 0 saturated heterocycles. The minimum absolute atomic E-state index is 1.13. The lowest BCUT2D eigenvalue weighted by atomic mass is 9.95. The molecule has 0 heterocycles. The molecule has 0 fully saturated rings. The molecule has 0 amide bonds. The molecule has 2 heteroatoms. The summed E-state index contributed by atoms with van der Waals surface area (Å²) in [5, 5.41) is 0. The van der Waals surface area contributed by atoms with Crippen LogP contribution in [0, 0.1) is 27.7 Å². The van der Waals surface area contributed by atoms with Crippen LogP contribution in [0.1, 0.15) is 22.3 Å². The summed E-state index contributed by atoms with van der Waals surface area (Å²) < 4.78 is 0. The summed E-state index contributed by atoms with van der Waals surface area (Å²) in [6.07, 6.45) is 0. The summed E-state index contributed by atoms with van der Waals surface area (Å²) in [7, 11) is 0. The van der Waals surface area contributed by atoms with E-state index in [1.54, 1.807) is 0 Å². The van der Waals surface area contributed by atoms with Crippen molar-refractivity contribution in [1.29, 1.82) is 0 Å². The van der Waals surface area contributed by atoms with Crippen LogP contribution >= 0.6 is 0 Å². The van der Waals surface area contributed by atoms with Gasteiger partial charge in [0, 0.05) is 34.1 Å². The normalized spacial score (nSPS) is 11.0. The first-order valence-electron chi connectivity index (χ1n) is 18.7. The molecule has 0 spiro atoms. The number of aryl methyl sites for hydroxylation is 4. The van der Waals surface area contributed by atoms with Gasteiger partial charge in [-0.3, -0.25) is 0 Å². The van der Waals surface area contributed by atoms with Crippen molar-refractivity contribution in [1.82, 2.24) is 0 Å². The number of benzene rings is 8. The standard InChI is InChI=1S/C52H44N2/c1-37-15-11-13-21-51(37)53(45-27-23-43(24-28-45)41-17-7-5-8-18-41)47-31-33-49(39(3)35-47)50-34-32-48(36-40(50)4)54(52-22-14-12-16-38(52)2)46-29-25-44(26-30-46)42-19-9-6-10-20-42/h5-36H,1-4H3. The number of hydrogen-bond donors (Lipinski definition) is 0. The number of hydrogen-bond acceptors (Lipinski definition) is 2. The quantitative estimate of drug-likeness (QED) is 0.148. The zero-order valence-corrected chi connectivity index (χ0v) is 31.4. The molecule has 8 aromatic carbocycles. The van der Waals surface area contributed by atoms with Gasteiger partial charge in [0.05, 0.1) is 0 Å². The van der Waals surface area contributed by atoms with Crippen molar-refractivity contribution in [2.45, 2.75) is 27.7 Å². The topological polar surface area (TPSA) is 6.48 Å². The van der Waals surface area contributed by atoms with Crippen LogP contribution < -0.4 is 9.80 Å². The fourth-order valence-electron chi connectivity index (χ4n) is 7.53. The lowest BCUT2D eigenvalue weighted by Gasteiger charge is -2.29. The Morgan fingerprint density at radius 2 is 0.574 bits per heavy atom. The van der Waals surface area contributed by atoms with Gasteiger partial charge in [-0.1, -0.05) is 133 Å². The summed E-state index contributed by atoms with van der Waals surface area (Å²) in [5.74, 6) is 0. The van der Waals surface area contributed by atoms with Crippen LogP contribution in [0.25, 0.3) is 33.4 Å². The largest absolute Gasteiger partial charge is 0.310 e. The van der Waals surface area contributed by atoms with E-state index < -0.39 is 0 Å². The molecule has 8 rings (SSSR count). The zero-order chi connectivity index (χ0) is 37.0. The van der Waals surface area contributed by atoms with Crippen molar-refractivity contribution in [2.75, 3.05) is 9.80 Å². The molecule has 54 heavy (non-hydrogen) atoms. The summed E-state index contributed by atoms with van der Waals surface area (Å²) in [4.78, 5) is 4.75. The first kappa shape index (κ1) is 34.4. The molecule has 0 N–H and O–H groups in total. The van der Waals surface area contributed by atoms with Crippen LogP contribution in [0.2, 0.25) is 0 Å². The Morgan fingerprint density at radius 1 is 0.259 bits per heavy atom. The highest BCUT2D eigenvalue weighted by atomic mass is 15.1. The van der Waals surface area contributed by atoms with Crippen LogP contribution in [0.5, 0.6) is 0 Å². The molecule has 0 atom stereocenters. The maximum absolute atomic E-state index is 2.37. The summed E-state index contributed by atoms with van der Waals surface area (Å²) >= 11 is 0. The third kappa shape index (κ3) is 6.95. The molecule has 0 aliphatic rings. The Morgan fingerprint density at radius 3 is 0.926 bits per heavy atom. The average molecular weight is 697 g/mol. The monoisotopic (exact) mass is 696 g/mol. The van der Waals surface area contributed by atoms with E-state index in [4.69, 9.17) is 0 Å². The molecular formula is C52H44N2. The van der Waals surface area contributed by atoms with E-state index in [0.29, 0.717) is 0 Å². The second-order valence-electron chi connectivity index (χ2n) is 14.1. The molecule has 2 nitrogen and oxygen atoms in total. The maximum atomic E-state index is 2.37. The number of nitrogens with zero attached hydrogens (tertiary/aromatic N) is 2. The van der Waals surface area contributed by atoms with Gasteiger partial charge in [-0.15, -0.1) is 0 Å². The summed E-state index contributed by atoms with van der Waals surface area (Å²) in [5.41, 5.74) is 19.1. The maximum Gasteiger partial charge on any atom is 0.0490 e. The number of rotatable bonds is 9. The van der Waals surface area contributed by atoms with Crippen molar-refractivity contribution in [2.24, 2.45) is 0 Å². The van der Waals surface area contributed by atoms with Gasteiger partial charge in [-0.2, -0.15) is 0 Å². The van der Waals surface area contributed by atoms with Gasteiger partial charge in [0.25, 0.3) is 0 Å². The SMILES string of the molecule is Cc1cc(N(c2ccc(-c3ccccc3)cc2)c2ccccc2C)ccc1-c1ccc(N(c2ccc(-c3ccccc3)cc2)c2ccccc2C)cc1C. The molecule has 0 aromatic heterocycles. The second kappa shape index (κ2) is 15.1. The smallest absolute Gasteiger partial charge is 0.0490 e. The van der Waals surface area contributed by atoms with E-state index >= 15 is 0 Å². The van der Waals surface area contributed by atoms with Crippen molar-refractivity contribution < 1.29 is 0 Å². The number of anilines is 6. The summed E-state index contributed by atoms with van der Waals surface area (Å²) in [6.45, 7) is 8.83. The predicted octanol–water partition coefficient (Wildman–Crippen LogP) is 14.9. The highest BCUT2D eigenvalue weighted by molar-refractivity contribution is 5.85. The van der Waals surface area contributed by atoms with Crippen LogP contribution in [0.4, 0.5) is 34.1 Å². The molecule has 0 aliphatic carbocycles. The molecule has 262 valence electrons. The first-order valence-corrected chi connectivity index (χ1v) is 18.7. The number of para-hydroxylation sites is 2. The molecule has 0 aliphatic heterocycles. The molecule has 8 aromatic rings. The van der Waals surface area contributed by atoms with E-state index in [0.717, 1.165) is 22.7 Å². The molecule has 0 unspecified atom stereocenters. The van der Waals surface area contributed by atoms with E-state index in [2.05, 4.69) is 232 Å². The van der Waals surface area contributed by atoms with Crippen molar-refractivity contribution in [3.8, 4) is 33.4 Å². The van der Waals surface area contributed by atoms with E-state index in [1.807, 2.05) is 0 Å². The zero-order valence-electron chi connectivity index (χ0n) is 31.4. The van der Waals surface area contributed by atoms with Crippen LogP contribution in [0.15, 0.2) is 194 Å². The van der Waals surface area contributed by atoms with Gasteiger partial charge >= 0.3 is 0 Å². The molecule has 0 saturated carbocycles. The predicted molar refractivity (Wildman–Crippen MR) is 231 cm³/mol. The minimum atomic E-state index is 1.13. The molecule has 0 bridgehead atoms. The van der Waals surface area contributed by atoms with Gasteiger partial charge in [-0.25, -0.2) is 0 Å². The fourth-order valence-corrected chi connectivity index (χ4v) is 7.53. The van der Waals surface area contributed by atoms with Crippen molar-refractivity contribution in [3.05, 3.63) is 216 Å². The second-order valence-corrected chi connectivity index (χ2v) is 14.1. The van der Waals surface area contributed by atoms with Gasteiger partial charge in [0.2, 0.25) is 0 Å². The third-order valence-corrected chi connectivity index (χ3v) is 10.4. The highest BCUT2D eigenvalue weighted by Crippen LogP contribution is 2.42. The Balaban J connectivity index is 1.15. The fraction of sp³-hybridized carbons (Fsp3) is 0.0769. The van der Waals surface area contributed by atoms with Gasteiger partial charge in [-0.05, 0) is 144 Å². The molecular weight excluding hydrogens is 653 g/mol. The highest BCUT2D eigenvalue weighted by Gasteiger charge is 2.19. The van der Waals surface area contributed by atoms with E-state index in [9.17, 15) is 0 Å². The Hall–Kier alpha value is -6.64. The molecule has 0 radical (unpaired) electrons.